The first-order chi connectivity index (χ1) is 13.5. The number of halogens is 1. The molecule has 0 bridgehead atoms. The summed E-state index contributed by atoms with van der Waals surface area (Å²) in [5, 5.41) is 4.46. The standard InChI is InChI=1S/C21H21ClN2O3S/c1-13-19(10-11-23-20(25)14-4-7-16(22)8-5-14)28-21(24-13)15-6-9-17(26-2)18(12-15)27-3/h4-9,12H,10-11H2,1-3H3,(H,23,25). The first-order valence-corrected chi connectivity index (χ1v) is 9.93. The summed E-state index contributed by atoms with van der Waals surface area (Å²) in [5.74, 6) is 1.24. The monoisotopic (exact) mass is 416 g/mol. The van der Waals surface area contributed by atoms with Crippen LogP contribution in [0.5, 0.6) is 11.5 Å². The average Bonchev–Trinajstić information content (AvgIpc) is 3.08. The van der Waals surface area contributed by atoms with E-state index in [-0.39, 0.29) is 5.91 Å². The molecular formula is C21H21ClN2O3S. The van der Waals surface area contributed by atoms with Gasteiger partial charge in [0.15, 0.2) is 11.5 Å². The maximum atomic E-state index is 12.2. The van der Waals surface area contributed by atoms with Gasteiger partial charge in [0, 0.05) is 34.0 Å². The summed E-state index contributed by atoms with van der Waals surface area (Å²) < 4.78 is 10.7. The minimum absolute atomic E-state index is 0.112. The van der Waals surface area contributed by atoms with E-state index in [1.807, 2.05) is 25.1 Å². The Morgan fingerprint density at radius 3 is 2.50 bits per heavy atom. The Balaban J connectivity index is 1.66. The van der Waals surface area contributed by atoms with E-state index >= 15 is 0 Å². The molecule has 0 atom stereocenters. The highest BCUT2D eigenvalue weighted by Gasteiger charge is 2.13. The third kappa shape index (κ3) is 4.64. The summed E-state index contributed by atoms with van der Waals surface area (Å²) in [6, 6.07) is 12.6. The van der Waals surface area contributed by atoms with E-state index in [9.17, 15) is 4.79 Å². The van der Waals surface area contributed by atoms with E-state index in [0.29, 0.717) is 28.6 Å². The summed E-state index contributed by atoms with van der Waals surface area (Å²) in [7, 11) is 3.23. The first-order valence-electron chi connectivity index (χ1n) is 8.74. The van der Waals surface area contributed by atoms with Gasteiger partial charge in [-0.05, 0) is 49.4 Å². The van der Waals surface area contributed by atoms with Crippen molar-refractivity contribution in [2.75, 3.05) is 20.8 Å². The third-order valence-corrected chi connectivity index (χ3v) is 5.79. The Morgan fingerprint density at radius 1 is 1.11 bits per heavy atom. The molecule has 5 nitrogen and oxygen atoms in total. The molecule has 0 aliphatic carbocycles. The molecule has 0 aliphatic rings. The molecule has 1 N–H and O–H groups in total. The molecule has 7 heteroatoms. The maximum absolute atomic E-state index is 12.2. The molecule has 0 radical (unpaired) electrons. The number of aromatic nitrogens is 1. The number of methoxy groups -OCH3 is 2. The number of carbonyl (C=O) groups is 1. The zero-order valence-electron chi connectivity index (χ0n) is 15.9. The van der Waals surface area contributed by atoms with E-state index in [2.05, 4.69) is 10.3 Å². The molecule has 2 aromatic carbocycles. The molecule has 1 aromatic heterocycles. The van der Waals surface area contributed by atoms with E-state index < -0.39 is 0 Å². The van der Waals surface area contributed by atoms with Crippen molar-refractivity contribution in [1.82, 2.24) is 10.3 Å². The van der Waals surface area contributed by atoms with Crippen molar-refractivity contribution in [3.63, 3.8) is 0 Å². The van der Waals surface area contributed by atoms with Gasteiger partial charge in [-0.2, -0.15) is 0 Å². The zero-order chi connectivity index (χ0) is 20.1. The molecule has 1 amide bonds. The topological polar surface area (TPSA) is 60.5 Å². The van der Waals surface area contributed by atoms with Crippen LogP contribution >= 0.6 is 22.9 Å². The lowest BCUT2D eigenvalue weighted by Gasteiger charge is -2.08. The lowest BCUT2D eigenvalue weighted by atomic mass is 10.2. The van der Waals surface area contributed by atoms with E-state index in [0.717, 1.165) is 27.6 Å². The van der Waals surface area contributed by atoms with Crippen molar-refractivity contribution in [3.8, 4) is 22.1 Å². The minimum Gasteiger partial charge on any atom is -0.493 e. The molecule has 0 unspecified atom stereocenters. The average molecular weight is 417 g/mol. The van der Waals surface area contributed by atoms with E-state index in [4.69, 9.17) is 21.1 Å². The largest absolute Gasteiger partial charge is 0.493 e. The second kappa shape index (κ2) is 9.08. The number of benzene rings is 2. The minimum atomic E-state index is -0.112. The van der Waals surface area contributed by atoms with Crippen LogP contribution in [0.15, 0.2) is 42.5 Å². The van der Waals surface area contributed by atoms with Crippen molar-refractivity contribution < 1.29 is 14.3 Å². The predicted octanol–water partition coefficient (Wildman–Crippen LogP) is 4.76. The highest BCUT2D eigenvalue weighted by atomic mass is 35.5. The van der Waals surface area contributed by atoms with Crippen LogP contribution in [-0.4, -0.2) is 31.7 Å². The lowest BCUT2D eigenvalue weighted by molar-refractivity contribution is 0.0954. The molecule has 146 valence electrons. The molecule has 1 heterocycles. The number of carbonyl (C=O) groups excluding carboxylic acids is 1. The molecular weight excluding hydrogens is 396 g/mol. The highest BCUT2D eigenvalue weighted by molar-refractivity contribution is 7.15. The SMILES string of the molecule is COc1ccc(-c2nc(C)c(CCNC(=O)c3ccc(Cl)cc3)s2)cc1OC. The zero-order valence-corrected chi connectivity index (χ0v) is 17.5. The fourth-order valence-corrected chi connectivity index (χ4v) is 3.93. The number of nitrogens with zero attached hydrogens (tertiary/aromatic N) is 1. The third-order valence-electron chi connectivity index (χ3n) is 4.27. The smallest absolute Gasteiger partial charge is 0.251 e. The van der Waals surface area contributed by atoms with Gasteiger partial charge in [-0.1, -0.05) is 11.6 Å². The van der Waals surface area contributed by atoms with Crippen molar-refractivity contribution in [1.29, 1.82) is 0 Å². The number of aryl methyl sites for hydroxylation is 1. The number of rotatable bonds is 7. The second-order valence-corrected chi connectivity index (χ2v) is 7.63. The van der Waals surface area contributed by atoms with Gasteiger partial charge >= 0.3 is 0 Å². The highest BCUT2D eigenvalue weighted by Crippen LogP contribution is 2.35. The van der Waals surface area contributed by atoms with Gasteiger partial charge in [-0.25, -0.2) is 4.98 Å². The van der Waals surface area contributed by atoms with Gasteiger partial charge < -0.3 is 14.8 Å². The van der Waals surface area contributed by atoms with Crippen molar-refractivity contribution in [2.45, 2.75) is 13.3 Å². The Labute approximate surface area is 173 Å². The Hall–Kier alpha value is -2.57. The summed E-state index contributed by atoms with van der Waals surface area (Å²) in [6.07, 6.45) is 0.718. The molecule has 0 aliphatic heterocycles. The van der Waals surface area contributed by atoms with Gasteiger partial charge in [-0.15, -0.1) is 11.3 Å². The van der Waals surface area contributed by atoms with Gasteiger partial charge in [-0.3, -0.25) is 4.79 Å². The van der Waals surface area contributed by atoms with Crippen molar-refractivity contribution in [2.24, 2.45) is 0 Å². The number of thiazole rings is 1. The summed E-state index contributed by atoms with van der Waals surface area (Å²) in [4.78, 5) is 18.0. The summed E-state index contributed by atoms with van der Waals surface area (Å²) >= 11 is 7.47. The summed E-state index contributed by atoms with van der Waals surface area (Å²) in [6.45, 7) is 2.52. The predicted molar refractivity (Wildman–Crippen MR) is 113 cm³/mol. The van der Waals surface area contributed by atoms with Gasteiger partial charge in [0.05, 0.1) is 19.9 Å². The molecule has 0 saturated heterocycles. The van der Waals surface area contributed by atoms with Crippen molar-refractivity contribution >= 4 is 28.8 Å². The van der Waals surface area contributed by atoms with Crippen LogP contribution in [0.4, 0.5) is 0 Å². The number of hydrogen-bond acceptors (Lipinski definition) is 5. The van der Waals surface area contributed by atoms with Crippen LogP contribution in [0.1, 0.15) is 20.9 Å². The summed E-state index contributed by atoms with van der Waals surface area (Å²) in [5.41, 5.74) is 2.54. The van der Waals surface area contributed by atoms with E-state index in [1.165, 1.54) is 0 Å². The van der Waals surface area contributed by atoms with Crippen LogP contribution in [0.25, 0.3) is 10.6 Å². The van der Waals surface area contributed by atoms with Crippen LogP contribution < -0.4 is 14.8 Å². The van der Waals surface area contributed by atoms with Crippen LogP contribution in [0.2, 0.25) is 5.02 Å². The molecule has 0 saturated carbocycles. The first kappa shape index (κ1) is 20.2. The normalized spacial score (nSPS) is 10.6. The number of nitrogens with one attached hydrogen (secondary N) is 1. The quantitative estimate of drug-likeness (QED) is 0.603. The number of ether oxygens (including phenoxy) is 2. The Morgan fingerprint density at radius 2 is 1.82 bits per heavy atom. The molecule has 3 rings (SSSR count). The number of hydrogen-bond donors (Lipinski definition) is 1. The lowest BCUT2D eigenvalue weighted by Crippen LogP contribution is -2.25. The second-order valence-electron chi connectivity index (χ2n) is 6.11. The molecule has 28 heavy (non-hydrogen) atoms. The molecule has 3 aromatic rings. The van der Waals surface area contributed by atoms with Gasteiger partial charge in [0.25, 0.3) is 5.91 Å². The van der Waals surface area contributed by atoms with Crippen molar-refractivity contribution in [3.05, 3.63) is 63.6 Å². The molecule has 0 spiro atoms. The van der Waals surface area contributed by atoms with Crippen LogP contribution in [-0.2, 0) is 6.42 Å². The fourth-order valence-electron chi connectivity index (χ4n) is 2.75. The van der Waals surface area contributed by atoms with Crippen LogP contribution in [0.3, 0.4) is 0 Å². The van der Waals surface area contributed by atoms with Gasteiger partial charge in [0.2, 0.25) is 0 Å². The van der Waals surface area contributed by atoms with E-state index in [1.54, 1.807) is 49.8 Å². The number of amides is 1. The Bertz CT molecular complexity index is 970. The van der Waals surface area contributed by atoms with Gasteiger partial charge in [0.1, 0.15) is 5.01 Å². The fraction of sp³-hybridized carbons (Fsp3) is 0.238. The molecule has 0 fully saturated rings. The Kier molecular flexibility index (Phi) is 6.54. The maximum Gasteiger partial charge on any atom is 0.251 e. The van der Waals surface area contributed by atoms with Crippen LogP contribution in [0, 0.1) is 6.92 Å².